The summed E-state index contributed by atoms with van der Waals surface area (Å²) in [5, 5.41) is 12.7. The van der Waals surface area contributed by atoms with Crippen molar-refractivity contribution in [1.82, 2.24) is 5.32 Å². The fraction of sp³-hybridized carbons (Fsp3) is 0.500. The number of hydrogen-bond donors (Lipinski definition) is 2. The highest BCUT2D eigenvalue weighted by atomic mass is 35.5. The zero-order valence-corrected chi connectivity index (χ0v) is 12.4. The lowest BCUT2D eigenvalue weighted by Crippen LogP contribution is -2.40. The third kappa shape index (κ3) is 4.41. The van der Waals surface area contributed by atoms with Crippen LogP contribution < -0.4 is 5.32 Å². The molecule has 0 spiro atoms. The van der Waals surface area contributed by atoms with Gasteiger partial charge in [-0.25, -0.2) is 0 Å². The molecule has 0 bridgehead atoms. The van der Waals surface area contributed by atoms with E-state index in [4.69, 9.17) is 11.6 Å². The van der Waals surface area contributed by atoms with Crippen LogP contribution >= 0.6 is 23.4 Å². The predicted molar refractivity (Wildman–Crippen MR) is 78.5 cm³/mol. The Morgan fingerprint density at radius 3 is 2.68 bits per heavy atom. The molecule has 1 fully saturated rings. The van der Waals surface area contributed by atoms with Crippen LogP contribution in [0.3, 0.4) is 0 Å². The largest absolute Gasteiger partial charge is 0.393 e. The molecule has 1 saturated carbocycles. The highest BCUT2D eigenvalue weighted by Crippen LogP contribution is 2.27. The molecule has 1 aliphatic rings. The van der Waals surface area contributed by atoms with E-state index in [1.807, 2.05) is 31.2 Å². The number of nitrogens with one attached hydrogen (secondary N) is 1. The van der Waals surface area contributed by atoms with Gasteiger partial charge in [0.2, 0.25) is 5.91 Å². The van der Waals surface area contributed by atoms with Gasteiger partial charge < -0.3 is 10.4 Å². The number of halogens is 1. The quantitative estimate of drug-likeness (QED) is 0.822. The number of carbonyl (C=O) groups excluding carboxylic acids is 1. The lowest BCUT2D eigenvalue weighted by atomic mass is 9.82. The smallest absolute Gasteiger partial charge is 0.233 e. The number of aliphatic hydroxyl groups is 1. The zero-order chi connectivity index (χ0) is 13.8. The van der Waals surface area contributed by atoms with Gasteiger partial charge in [-0.2, -0.15) is 0 Å². The number of aliphatic hydroxyl groups excluding tert-OH is 1. The summed E-state index contributed by atoms with van der Waals surface area (Å²) in [6.07, 6.45) is 1.44. The van der Waals surface area contributed by atoms with Gasteiger partial charge in [-0.15, -0.1) is 11.8 Å². The molecule has 0 radical (unpaired) electrons. The standard InChI is InChI=1S/C14H18ClNO2S/c1-9(19-13-4-2-11(15)3-5-13)14(18)16-8-10-6-12(17)7-10/h2-5,9-10,12,17H,6-8H2,1H3,(H,16,18). The van der Waals surface area contributed by atoms with Gasteiger partial charge in [0.25, 0.3) is 0 Å². The molecule has 19 heavy (non-hydrogen) atoms. The number of amides is 1. The van der Waals surface area contributed by atoms with Gasteiger partial charge in [-0.3, -0.25) is 4.79 Å². The Morgan fingerprint density at radius 2 is 2.11 bits per heavy atom. The molecule has 0 aliphatic heterocycles. The maximum absolute atomic E-state index is 11.9. The Morgan fingerprint density at radius 1 is 1.47 bits per heavy atom. The summed E-state index contributed by atoms with van der Waals surface area (Å²) in [6, 6.07) is 7.48. The fourth-order valence-corrected chi connectivity index (χ4v) is 3.04. The molecule has 3 nitrogen and oxygen atoms in total. The van der Waals surface area contributed by atoms with Crippen LogP contribution in [0.15, 0.2) is 29.2 Å². The lowest BCUT2D eigenvalue weighted by Gasteiger charge is -2.31. The van der Waals surface area contributed by atoms with Gasteiger partial charge in [-0.1, -0.05) is 11.6 Å². The van der Waals surface area contributed by atoms with Gasteiger partial charge in [0.15, 0.2) is 0 Å². The SMILES string of the molecule is CC(Sc1ccc(Cl)cc1)C(=O)NCC1CC(O)C1. The predicted octanol–water partition coefficient (Wildman–Crippen LogP) is 2.71. The summed E-state index contributed by atoms with van der Waals surface area (Å²) in [6.45, 7) is 2.56. The first-order valence-electron chi connectivity index (χ1n) is 6.42. The molecule has 1 aromatic carbocycles. The van der Waals surface area contributed by atoms with E-state index < -0.39 is 0 Å². The molecule has 5 heteroatoms. The monoisotopic (exact) mass is 299 g/mol. The van der Waals surface area contributed by atoms with Crippen molar-refractivity contribution in [1.29, 1.82) is 0 Å². The molecule has 2 rings (SSSR count). The van der Waals surface area contributed by atoms with Crippen molar-refractivity contribution in [3.8, 4) is 0 Å². The molecule has 0 aromatic heterocycles. The molecule has 104 valence electrons. The Kier molecular flexibility index (Phi) is 5.13. The lowest BCUT2D eigenvalue weighted by molar-refractivity contribution is -0.120. The number of benzene rings is 1. The van der Waals surface area contributed by atoms with Gasteiger partial charge in [-0.05, 0) is 49.9 Å². The van der Waals surface area contributed by atoms with Gasteiger partial charge >= 0.3 is 0 Å². The van der Waals surface area contributed by atoms with Crippen molar-refractivity contribution in [2.24, 2.45) is 5.92 Å². The summed E-state index contributed by atoms with van der Waals surface area (Å²) in [5.74, 6) is 0.480. The Hall–Kier alpha value is -0.710. The van der Waals surface area contributed by atoms with E-state index in [9.17, 15) is 9.90 Å². The summed E-state index contributed by atoms with van der Waals surface area (Å²) in [7, 11) is 0. The summed E-state index contributed by atoms with van der Waals surface area (Å²) >= 11 is 7.34. The molecule has 0 heterocycles. The third-order valence-electron chi connectivity index (χ3n) is 3.27. The second-order valence-electron chi connectivity index (χ2n) is 4.95. The molecule has 1 amide bonds. The zero-order valence-electron chi connectivity index (χ0n) is 10.8. The van der Waals surface area contributed by atoms with Crippen LogP contribution in [0.1, 0.15) is 19.8 Å². The minimum atomic E-state index is -0.164. The van der Waals surface area contributed by atoms with Crippen molar-refractivity contribution in [2.75, 3.05) is 6.54 Å². The Bertz CT molecular complexity index is 432. The van der Waals surface area contributed by atoms with Crippen molar-refractivity contribution in [3.05, 3.63) is 29.3 Å². The fourth-order valence-electron chi connectivity index (χ4n) is 2.03. The van der Waals surface area contributed by atoms with Crippen LogP contribution in [0.5, 0.6) is 0 Å². The van der Waals surface area contributed by atoms with Crippen LogP contribution in [0.25, 0.3) is 0 Å². The van der Waals surface area contributed by atoms with Crippen LogP contribution in [-0.4, -0.2) is 28.9 Å². The van der Waals surface area contributed by atoms with Crippen LogP contribution in [-0.2, 0) is 4.79 Å². The van der Waals surface area contributed by atoms with E-state index in [1.54, 1.807) is 0 Å². The number of hydrogen-bond acceptors (Lipinski definition) is 3. The maximum atomic E-state index is 11.9. The van der Waals surface area contributed by atoms with Crippen molar-refractivity contribution in [2.45, 2.75) is 36.0 Å². The van der Waals surface area contributed by atoms with Gasteiger partial charge in [0.05, 0.1) is 11.4 Å². The van der Waals surface area contributed by atoms with Gasteiger partial charge in [0.1, 0.15) is 0 Å². The minimum absolute atomic E-state index is 0.0429. The second-order valence-corrected chi connectivity index (χ2v) is 6.80. The van der Waals surface area contributed by atoms with E-state index >= 15 is 0 Å². The first kappa shape index (κ1) is 14.7. The van der Waals surface area contributed by atoms with Crippen LogP contribution in [0.4, 0.5) is 0 Å². The van der Waals surface area contributed by atoms with Crippen molar-refractivity contribution in [3.63, 3.8) is 0 Å². The van der Waals surface area contributed by atoms with Gasteiger partial charge in [0, 0.05) is 16.5 Å². The maximum Gasteiger partial charge on any atom is 0.233 e. The molecule has 1 unspecified atom stereocenters. The first-order chi connectivity index (χ1) is 9.04. The molecular formula is C14H18ClNO2S. The molecule has 0 saturated heterocycles. The Balaban J connectivity index is 1.74. The van der Waals surface area contributed by atoms with Crippen molar-refractivity contribution >= 4 is 29.3 Å². The summed E-state index contributed by atoms with van der Waals surface area (Å²) in [4.78, 5) is 13.0. The molecule has 1 aromatic rings. The minimum Gasteiger partial charge on any atom is -0.393 e. The molecule has 1 aliphatic carbocycles. The second kappa shape index (κ2) is 6.64. The van der Waals surface area contributed by atoms with E-state index in [0.717, 1.165) is 17.7 Å². The topological polar surface area (TPSA) is 49.3 Å². The van der Waals surface area contributed by atoms with Crippen LogP contribution in [0, 0.1) is 5.92 Å². The molecule has 1 atom stereocenters. The summed E-state index contributed by atoms with van der Waals surface area (Å²) in [5.41, 5.74) is 0. The number of rotatable bonds is 5. The number of thioether (sulfide) groups is 1. The highest BCUT2D eigenvalue weighted by molar-refractivity contribution is 8.00. The first-order valence-corrected chi connectivity index (χ1v) is 7.68. The molecular weight excluding hydrogens is 282 g/mol. The average molecular weight is 300 g/mol. The van der Waals surface area contributed by atoms with E-state index in [0.29, 0.717) is 17.5 Å². The Labute approximate surface area is 122 Å². The van der Waals surface area contributed by atoms with E-state index in [1.165, 1.54) is 11.8 Å². The summed E-state index contributed by atoms with van der Waals surface area (Å²) < 4.78 is 0. The van der Waals surface area contributed by atoms with Crippen LogP contribution in [0.2, 0.25) is 5.02 Å². The van der Waals surface area contributed by atoms with E-state index in [2.05, 4.69) is 5.32 Å². The average Bonchev–Trinajstić information content (AvgIpc) is 2.35. The molecule has 2 N–H and O–H groups in total. The normalized spacial score (nSPS) is 23.5. The number of carbonyl (C=O) groups is 1. The highest BCUT2D eigenvalue weighted by Gasteiger charge is 2.27. The van der Waals surface area contributed by atoms with E-state index in [-0.39, 0.29) is 17.3 Å². The third-order valence-corrected chi connectivity index (χ3v) is 4.64. The van der Waals surface area contributed by atoms with Crippen molar-refractivity contribution < 1.29 is 9.90 Å².